The Morgan fingerprint density at radius 1 is 1.31 bits per heavy atom. The smallest absolute Gasteiger partial charge is 0.236 e. The molecule has 0 aromatic heterocycles. The number of hydrogen-bond acceptors (Lipinski definition) is 9. The molecule has 0 aromatic rings. The molecule has 0 spiro atoms. The molecule has 0 unspecified atom stereocenters. The van der Waals surface area contributed by atoms with E-state index in [1.54, 1.807) is 7.05 Å². The van der Waals surface area contributed by atoms with Gasteiger partial charge in [-0.15, -0.1) is 0 Å². The summed E-state index contributed by atoms with van der Waals surface area (Å²) in [6.07, 6.45) is -3.70. The van der Waals surface area contributed by atoms with Crippen molar-refractivity contribution >= 4 is 5.91 Å². The first-order valence-corrected chi connectivity index (χ1v) is 9.01. The minimum absolute atomic E-state index is 0.117. The monoisotopic (exact) mass is 376 g/mol. The summed E-state index contributed by atoms with van der Waals surface area (Å²) in [6, 6.07) is -1.57. The van der Waals surface area contributed by atoms with Gasteiger partial charge in [0.2, 0.25) is 5.91 Å². The van der Waals surface area contributed by atoms with Crippen LogP contribution < -0.4 is 16.8 Å². The minimum atomic E-state index is -1.24. The lowest BCUT2D eigenvalue weighted by Gasteiger charge is -2.46. The van der Waals surface area contributed by atoms with Crippen LogP contribution in [0.5, 0.6) is 0 Å². The fraction of sp³-hybridized carbons (Fsp3) is 0.938. The number of aliphatic hydroxyl groups is 3. The summed E-state index contributed by atoms with van der Waals surface area (Å²) >= 11 is 0. The van der Waals surface area contributed by atoms with E-state index in [0.717, 1.165) is 0 Å². The van der Waals surface area contributed by atoms with Gasteiger partial charge in [-0.25, -0.2) is 0 Å². The number of nitrogens with two attached hydrogens (primary N) is 2. The highest BCUT2D eigenvalue weighted by Gasteiger charge is 2.47. The van der Waals surface area contributed by atoms with Crippen LogP contribution in [0.1, 0.15) is 19.3 Å². The predicted molar refractivity (Wildman–Crippen MR) is 92.9 cm³/mol. The molecule has 1 aliphatic carbocycles. The molecule has 8 atom stereocenters. The summed E-state index contributed by atoms with van der Waals surface area (Å²) in [5, 5.41) is 34.2. The van der Waals surface area contributed by atoms with Crippen LogP contribution in [0.15, 0.2) is 0 Å². The number of nitrogens with zero attached hydrogens (tertiary/aromatic N) is 1. The van der Waals surface area contributed by atoms with E-state index >= 15 is 0 Å². The van der Waals surface area contributed by atoms with Gasteiger partial charge in [0, 0.05) is 19.6 Å². The van der Waals surface area contributed by atoms with E-state index < -0.39 is 48.7 Å². The van der Waals surface area contributed by atoms with Gasteiger partial charge in [0.25, 0.3) is 0 Å². The molecule has 1 aliphatic heterocycles. The maximum atomic E-state index is 11.9. The Labute approximate surface area is 153 Å². The summed E-state index contributed by atoms with van der Waals surface area (Å²) in [5.41, 5.74) is 11.4. The van der Waals surface area contributed by atoms with Gasteiger partial charge >= 0.3 is 0 Å². The quantitative estimate of drug-likeness (QED) is 0.278. The SMILES string of the molecule is CNC[C@@H]1CC[C@@H](O)[C@@H](O[C@H]2[C@H](O)[C@H](N(C)C(=O)CN)[C@@H](O)C[C@H]2N)O1. The number of hydrogen-bond donors (Lipinski definition) is 6. The van der Waals surface area contributed by atoms with Crippen LogP contribution in [0.3, 0.4) is 0 Å². The molecule has 2 aliphatic rings. The normalized spacial score (nSPS) is 41.0. The molecule has 0 radical (unpaired) electrons. The molecular weight excluding hydrogens is 344 g/mol. The van der Waals surface area contributed by atoms with Crippen LogP contribution in [0.25, 0.3) is 0 Å². The predicted octanol–water partition coefficient (Wildman–Crippen LogP) is -3.30. The molecule has 152 valence electrons. The highest BCUT2D eigenvalue weighted by atomic mass is 16.7. The third-order valence-electron chi connectivity index (χ3n) is 5.18. The zero-order valence-electron chi connectivity index (χ0n) is 15.3. The van der Waals surface area contributed by atoms with E-state index in [2.05, 4.69) is 5.32 Å². The largest absolute Gasteiger partial charge is 0.391 e. The first-order valence-electron chi connectivity index (χ1n) is 9.01. The van der Waals surface area contributed by atoms with Crippen molar-refractivity contribution in [2.45, 2.75) is 68.2 Å². The molecule has 2 fully saturated rings. The maximum absolute atomic E-state index is 11.9. The molecule has 8 N–H and O–H groups in total. The van der Waals surface area contributed by atoms with Gasteiger partial charge in [0.15, 0.2) is 6.29 Å². The second-order valence-corrected chi connectivity index (χ2v) is 7.09. The first-order chi connectivity index (χ1) is 12.3. The second-order valence-electron chi connectivity index (χ2n) is 7.09. The van der Waals surface area contributed by atoms with E-state index in [-0.39, 0.29) is 19.1 Å². The molecule has 10 heteroatoms. The molecular formula is C16H32N4O6. The highest BCUT2D eigenvalue weighted by Crippen LogP contribution is 2.29. The Morgan fingerprint density at radius 3 is 2.62 bits per heavy atom. The number of aliphatic hydroxyl groups excluding tert-OH is 3. The second kappa shape index (κ2) is 9.38. The van der Waals surface area contributed by atoms with Crippen molar-refractivity contribution in [2.75, 3.05) is 27.2 Å². The van der Waals surface area contributed by atoms with Gasteiger partial charge in [-0.2, -0.15) is 0 Å². The summed E-state index contributed by atoms with van der Waals surface area (Å²) in [4.78, 5) is 13.1. The Morgan fingerprint density at radius 2 is 2.00 bits per heavy atom. The first kappa shape index (κ1) is 21.5. The number of carbonyl (C=O) groups excluding carboxylic acids is 1. The van der Waals surface area contributed by atoms with Crippen molar-refractivity contribution in [3.05, 3.63) is 0 Å². The van der Waals surface area contributed by atoms with Crippen LogP contribution in [-0.2, 0) is 14.3 Å². The molecule has 0 bridgehead atoms. The lowest BCUT2D eigenvalue weighted by molar-refractivity contribution is -0.279. The van der Waals surface area contributed by atoms with Crippen molar-refractivity contribution in [3.8, 4) is 0 Å². The van der Waals surface area contributed by atoms with E-state index in [0.29, 0.717) is 19.4 Å². The van der Waals surface area contributed by atoms with E-state index in [1.807, 2.05) is 0 Å². The summed E-state index contributed by atoms with van der Waals surface area (Å²) in [6.45, 7) is 0.376. The van der Waals surface area contributed by atoms with Gasteiger partial charge in [0.05, 0.1) is 24.8 Å². The van der Waals surface area contributed by atoms with Crippen molar-refractivity contribution in [1.82, 2.24) is 10.2 Å². The van der Waals surface area contributed by atoms with Crippen LogP contribution in [-0.4, -0.2) is 102 Å². The van der Waals surface area contributed by atoms with Crippen LogP contribution in [0.4, 0.5) is 0 Å². The van der Waals surface area contributed by atoms with Crippen molar-refractivity contribution < 1.29 is 29.6 Å². The number of rotatable bonds is 6. The van der Waals surface area contributed by atoms with Gasteiger partial charge in [-0.05, 0) is 26.3 Å². The fourth-order valence-electron chi connectivity index (χ4n) is 3.70. The Bertz CT molecular complexity index is 470. The van der Waals surface area contributed by atoms with Crippen molar-refractivity contribution in [3.63, 3.8) is 0 Å². The summed E-state index contributed by atoms with van der Waals surface area (Å²) in [5.74, 6) is -0.412. The lowest BCUT2D eigenvalue weighted by Crippen LogP contribution is -2.66. The van der Waals surface area contributed by atoms with Gasteiger partial charge in [-0.1, -0.05) is 0 Å². The van der Waals surface area contributed by atoms with Crippen molar-refractivity contribution in [1.29, 1.82) is 0 Å². The lowest BCUT2D eigenvalue weighted by atomic mass is 9.83. The van der Waals surface area contributed by atoms with Gasteiger partial charge < -0.3 is 46.5 Å². The average Bonchev–Trinajstić information content (AvgIpc) is 2.60. The Hall–Kier alpha value is -0.850. The topological polar surface area (TPSA) is 164 Å². The van der Waals surface area contributed by atoms with Gasteiger partial charge in [0.1, 0.15) is 18.3 Å². The molecule has 10 nitrogen and oxygen atoms in total. The standard InChI is InChI=1S/C16H32N4O6/c1-19-7-8-3-4-10(21)16(25-8)26-15-9(18)5-11(22)13(14(15)24)20(2)12(23)6-17/h8-11,13-16,19,21-22,24H,3-7,17-18H2,1-2H3/t8-,9+,10+,11-,13+,14+,15+,16+/m0/s1. The minimum Gasteiger partial charge on any atom is -0.391 e. The Balaban J connectivity index is 2.09. The molecule has 0 aromatic carbocycles. The molecule has 26 heavy (non-hydrogen) atoms. The Kier molecular flexibility index (Phi) is 7.74. The van der Waals surface area contributed by atoms with Crippen LogP contribution in [0.2, 0.25) is 0 Å². The third kappa shape index (κ3) is 4.70. The molecule has 1 amide bonds. The highest BCUT2D eigenvalue weighted by molar-refractivity contribution is 5.78. The van der Waals surface area contributed by atoms with E-state index in [4.69, 9.17) is 20.9 Å². The number of carbonyl (C=O) groups is 1. The van der Waals surface area contributed by atoms with Crippen molar-refractivity contribution in [2.24, 2.45) is 11.5 Å². The zero-order chi connectivity index (χ0) is 19.4. The molecule has 2 rings (SSSR count). The van der Waals surface area contributed by atoms with Crippen LogP contribution >= 0.6 is 0 Å². The number of amides is 1. The molecule has 1 saturated carbocycles. The number of ether oxygens (including phenoxy) is 2. The van der Waals surface area contributed by atoms with E-state index in [1.165, 1.54) is 11.9 Å². The molecule has 1 saturated heterocycles. The van der Waals surface area contributed by atoms with Crippen LogP contribution in [0, 0.1) is 0 Å². The average molecular weight is 376 g/mol. The number of nitrogens with one attached hydrogen (secondary N) is 1. The maximum Gasteiger partial charge on any atom is 0.236 e. The zero-order valence-corrected chi connectivity index (χ0v) is 15.3. The summed E-state index contributed by atoms with van der Waals surface area (Å²) in [7, 11) is 3.27. The third-order valence-corrected chi connectivity index (χ3v) is 5.18. The van der Waals surface area contributed by atoms with Gasteiger partial charge in [-0.3, -0.25) is 4.79 Å². The fourth-order valence-corrected chi connectivity index (χ4v) is 3.70. The van der Waals surface area contributed by atoms with E-state index in [9.17, 15) is 20.1 Å². The number of likely N-dealkylation sites (N-methyl/N-ethyl adjacent to an activating group) is 2. The summed E-state index contributed by atoms with van der Waals surface area (Å²) < 4.78 is 11.6. The molecule has 1 heterocycles.